The van der Waals surface area contributed by atoms with Gasteiger partial charge < -0.3 is 9.15 Å². The van der Waals surface area contributed by atoms with E-state index in [0.29, 0.717) is 0 Å². The first-order chi connectivity index (χ1) is 11.2. The predicted octanol–water partition coefficient (Wildman–Crippen LogP) is 4.36. The van der Waals surface area contributed by atoms with Gasteiger partial charge in [0, 0.05) is 5.56 Å². The number of nitrogens with zero attached hydrogens (tertiary/aromatic N) is 1. The molecular weight excluding hydrogens is 331 g/mol. The number of carbonyl (C=O) groups excluding carboxylic acids is 1. The van der Waals surface area contributed by atoms with Crippen LogP contribution in [0.5, 0.6) is 0 Å². The van der Waals surface area contributed by atoms with E-state index in [9.17, 15) is 28.1 Å². The number of halogens is 3. The Morgan fingerprint density at radius 1 is 1.33 bits per heavy atom. The van der Waals surface area contributed by atoms with Gasteiger partial charge in [0.15, 0.2) is 0 Å². The molecule has 1 heterocycles. The molecule has 128 valence electrons. The Morgan fingerprint density at radius 3 is 2.50 bits per heavy atom. The van der Waals surface area contributed by atoms with Crippen molar-refractivity contribution in [2.24, 2.45) is 0 Å². The molecule has 2 aromatic rings. The van der Waals surface area contributed by atoms with Crippen molar-refractivity contribution in [2.75, 3.05) is 6.61 Å². The summed E-state index contributed by atoms with van der Waals surface area (Å²) in [5, 5.41) is 11.2. The van der Waals surface area contributed by atoms with Crippen LogP contribution in [-0.4, -0.2) is 17.5 Å². The standard InChI is InChI=1S/C15H12F3NO5/c1-3-23-14(20)11-8(2)24-13(19(21)22)12(11)9-6-4-5-7-10(9)15(16,17)18/h4-7H,3H2,1-2H3. The van der Waals surface area contributed by atoms with Gasteiger partial charge in [-0.25, -0.2) is 4.79 Å². The number of alkyl halides is 3. The summed E-state index contributed by atoms with van der Waals surface area (Å²) in [7, 11) is 0. The van der Waals surface area contributed by atoms with Crippen LogP contribution < -0.4 is 0 Å². The second-order valence-electron chi connectivity index (χ2n) is 4.73. The number of furan rings is 1. The molecule has 1 aromatic heterocycles. The highest BCUT2D eigenvalue weighted by atomic mass is 19.4. The molecule has 0 atom stereocenters. The Balaban J connectivity index is 2.83. The Morgan fingerprint density at radius 2 is 1.96 bits per heavy atom. The number of benzene rings is 1. The molecule has 0 radical (unpaired) electrons. The lowest BCUT2D eigenvalue weighted by Gasteiger charge is -2.12. The maximum Gasteiger partial charge on any atom is 0.442 e. The summed E-state index contributed by atoms with van der Waals surface area (Å²) < 4.78 is 49.4. The molecule has 0 aliphatic rings. The fourth-order valence-electron chi connectivity index (χ4n) is 2.31. The Bertz CT molecular complexity index is 795. The van der Waals surface area contributed by atoms with E-state index in [1.165, 1.54) is 19.9 Å². The van der Waals surface area contributed by atoms with E-state index in [0.717, 1.165) is 18.2 Å². The van der Waals surface area contributed by atoms with E-state index >= 15 is 0 Å². The van der Waals surface area contributed by atoms with E-state index in [4.69, 9.17) is 9.15 Å². The highest BCUT2D eigenvalue weighted by Gasteiger charge is 2.39. The third-order valence-electron chi connectivity index (χ3n) is 3.21. The van der Waals surface area contributed by atoms with Crippen LogP contribution in [0.1, 0.15) is 28.6 Å². The average Bonchev–Trinajstić information content (AvgIpc) is 2.84. The lowest BCUT2D eigenvalue weighted by Crippen LogP contribution is -2.10. The molecule has 0 fully saturated rings. The smallest absolute Gasteiger partial charge is 0.442 e. The summed E-state index contributed by atoms with van der Waals surface area (Å²) in [5.41, 5.74) is -2.56. The fourth-order valence-corrected chi connectivity index (χ4v) is 2.31. The van der Waals surface area contributed by atoms with E-state index in [1.807, 2.05) is 0 Å². The van der Waals surface area contributed by atoms with Crippen molar-refractivity contribution in [3.63, 3.8) is 0 Å². The molecule has 0 N–H and O–H groups in total. The van der Waals surface area contributed by atoms with E-state index in [2.05, 4.69) is 0 Å². The zero-order valence-electron chi connectivity index (χ0n) is 12.6. The second kappa shape index (κ2) is 6.34. The normalized spacial score (nSPS) is 11.4. The van der Waals surface area contributed by atoms with Crippen molar-refractivity contribution < 1.29 is 32.0 Å². The average molecular weight is 343 g/mol. The number of carbonyl (C=O) groups is 1. The van der Waals surface area contributed by atoms with E-state index < -0.39 is 39.6 Å². The van der Waals surface area contributed by atoms with Crippen molar-refractivity contribution >= 4 is 11.9 Å². The Kier molecular flexibility index (Phi) is 4.63. The SMILES string of the molecule is CCOC(=O)c1c(C)oc([N+](=O)[O-])c1-c1ccccc1C(F)(F)F. The van der Waals surface area contributed by atoms with Crippen LogP contribution in [0.3, 0.4) is 0 Å². The quantitative estimate of drug-likeness (QED) is 0.468. The summed E-state index contributed by atoms with van der Waals surface area (Å²) >= 11 is 0. The first-order valence-corrected chi connectivity index (χ1v) is 6.80. The molecule has 1 aromatic carbocycles. The van der Waals surface area contributed by atoms with Crippen LogP contribution >= 0.6 is 0 Å². The molecule has 0 saturated heterocycles. The molecule has 9 heteroatoms. The molecule has 24 heavy (non-hydrogen) atoms. The van der Waals surface area contributed by atoms with Crippen molar-refractivity contribution in [1.82, 2.24) is 0 Å². The molecule has 0 aliphatic carbocycles. The van der Waals surface area contributed by atoms with Crippen molar-refractivity contribution in [3.05, 3.63) is 51.3 Å². The maximum atomic E-state index is 13.2. The third-order valence-corrected chi connectivity index (χ3v) is 3.21. The number of rotatable bonds is 4. The topological polar surface area (TPSA) is 82.6 Å². The highest BCUT2D eigenvalue weighted by Crippen LogP contribution is 2.44. The molecule has 2 rings (SSSR count). The molecular formula is C15H12F3NO5. The molecule has 0 spiro atoms. The van der Waals surface area contributed by atoms with Gasteiger partial charge in [0.1, 0.15) is 21.8 Å². The van der Waals surface area contributed by atoms with Crippen LogP contribution in [0.2, 0.25) is 0 Å². The van der Waals surface area contributed by atoms with Gasteiger partial charge in [-0.1, -0.05) is 18.2 Å². The fraction of sp³-hybridized carbons (Fsp3) is 0.267. The monoisotopic (exact) mass is 343 g/mol. The number of hydrogen-bond donors (Lipinski definition) is 0. The minimum absolute atomic E-state index is 0.0440. The van der Waals surface area contributed by atoms with Gasteiger partial charge in [0.25, 0.3) is 0 Å². The van der Waals surface area contributed by atoms with Crippen LogP contribution in [-0.2, 0) is 10.9 Å². The lowest BCUT2D eigenvalue weighted by molar-refractivity contribution is -0.401. The van der Waals surface area contributed by atoms with Gasteiger partial charge in [0.05, 0.1) is 12.2 Å². The number of hydrogen-bond acceptors (Lipinski definition) is 5. The van der Waals surface area contributed by atoms with Crippen molar-refractivity contribution in [2.45, 2.75) is 20.0 Å². The second-order valence-corrected chi connectivity index (χ2v) is 4.73. The number of esters is 1. The Labute approximate surface area is 134 Å². The van der Waals surface area contributed by atoms with Crippen molar-refractivity contribution in [1.29, 1.82) is 0 Å². The third kappa shape index (κ3) is 3.10. The minimum Gasteiger partial charge on any atom is -0.462 e. The van der Waals surface area contributed by atoms with Crippen LogP contribution in [0.15, 0.2) is 28.7 Å². The van der Waals surface area contributed by atoms with Gasteiger partial charge in [0.2, 0.25) is 0 Å². The first kappa shape index (κ1) is 17.5. The van der Waals surface area contributed by atoms with Gasteiger partial charge in [-0.15, -0.1) is 0 Å². The molecule has 0 amide bonds. The van der Waals surface area contributed by atoms with E-state index in [-0.39, 0.29) is 17.9 Å². The van der Waals surface area contributed by atoms with Crippen LogP contribution in [0.25, 0.3) is 11.1 Å². The van der Waals surface area contributed by atoms with Crippen molar-refractivity contribution in [3.8, 4) is 11.1 Å². The Hall–Kier alpha value is -2.84. The van der Waals surface area contributed by atoms with Gasteiger partial charge >= 0.3 is 18.0 Å². The number of aryl methyl sites for hydroxylation is 1. The summed E-state index contributed by atoms with van der Waals surface area (Å²) in [6.45, 7) is 2.71. The largest absolute Gasteiger partial charge is 0.462 e. The molecule has 0 aliphatic heterocycles. The lowest BCUT2D eigenvalue weighted by atomic mass is 9.96. The number of ether oxygens (including phenoxy) is 1. The van der Waals surface area contributed by atoms with Crippen LogP contribution in [0, 0.1) is 17.0 Å². The summed E-state index contributed by atoms with van der Waals surface area (Å²) in [6.07, 6.45) is -4.76. The van der Waals surface area contributed by atoms with Gasteiger partial charge in [-0.2, -0.15) is 13.2 Å². The van der Waals surface area contributed by atoms with Gasteiger partial charge in [-0.3, -0.25) is 10.1 Å². The minimum atomic E-state index is -4.76. The van der Waals surface area contributed by atoms with E-state index in [1.54, 1.807) is 0 Å². The molecule has 0 saturated carbocycles. The molecule has 0 bridgehead atoms. The highest BCUT2D eigenvalue weighted by molar-refractivity contribution is 6.01. The molecule has 6 nitrogen and oxygen atoms in total. The maximum absolute atomic E-state index is 13.2. The predicted molar refractivity (Wildman–Crippen MR) is 76.5 cm³/mol. The summed E-state index contributed by atoms with van der Waals surface area (Å²) in [5.74, 6) is -2.11. The summed E-state index contributed by atoms with van der Waals surface area (Å²) in [6, 6.07) is 4.25. The van der Waals surface area contributed by atoms with Gasteiger partial charge in [-0.05, 0) is 19.9 Å². The first-order valence-electron chi connectivity index (χ1n) is 6.80. The number of nitro groups is 1. The zero-order chi connectivity index (χ0) is 18.1. The summed E-state index contributed by atoms with van der Waals surface area (Å²) in [4.78, 5) is 22.3. The molecule has 0 unspecified atom stereocenters. The zero-order valence-corrected chi connectivity index (χ0v) is 12.6. The van der Waals surface area contributed by atoms with Crippen LogP contribution in [0.4, 0.5) is 19.1 Å².